The Morgan fingerprint density at radius 3 is 2.72 bits per heavy atom. The number of hydrogen-bond donors (Lipinski definition) is 1. The summed E-state index contributed by atoms with van der Waals surface area (Å²) in [5.74, 6) is 2.72. The molecule has 1 aromatic rings. The van der Waals surface area contributed by atoms with Crippen LogP contribution in [0.2, 0.25) is 0 Å². The van der Waals surface area contributed by atoms with Crippen LogP contribution in [0.3, 0.4) is 0 Å². The monoisotopic (exact) mass is 262 g/mol. The molecule has 1 unspecified atom stereocenters. The predicted octanol–water partition coefficient (Wildman–Crippen LogP) is 2.73. The van der Waals surface area contributed by atoms with E-state index < -0.39 is 0 Å². The topological polar surface area (TPSA) is 32.3 Å². The van der Waals surface area contributed by atoms with Gasteiger partial charge in [0, 0.05) is 36.1 Å². The Balaban J connectivity index is 1.66. The van der Waals surface area contributed by atoms with Gasteiger partial charge in [-0.1, -0.05) is 0 Å². The first-order chi connectivity index (χ1) is 8.83. The third-order valence-corrected chi connectivity index (χ3v) is 4.72. The Bertz CT molecular complexity index is 426. The maximum absolute atomic E-state index is 11.6. The first kappa shape index (κ1) is 11.9. The Labute approximate surface area is 112 Å². The smallest absolute Gasteiger partial charge is 0.227 e. The number of anilines is 2. The molecule has 1 amide bonds. The van der Waals surface area contributed by atoms with Crippen molar-refractivity contribution in [2.75, 3.05) is 28.3 Å². The highest BCUT2D eigenvalue weighted by atomic mass is 32.2. The van der Waals surface area contributed by atoms with Gasteiger partial charge in [-0.15, -0.1) is 0 Å². The van der Waals surface area contributed by atoms with Gasteiger partial charge in [0.25, 0.3) is 0 Å². The molecule has 2 saturated heterocycles. The molecule has 2 aliphatic heterocycles. The van der Waals surface area contributed by atoms with Crippen LogP contribution in [0.25, 0.3) is 0 Å². The summed E-state index contributed by atoms with van der Waals surface area (Å²) in [6.45, 7) is 0.866. The zero-order chi connectivity index (χ0) is 12.4. The van der Waals surface area contributed by atoms with Gasteiger partial charge >= 0.3 is 0 Å². The summed E-state index contributed by atoms with van der Waals surface area (Å²) >= 11 is 2.01. The molecule has 3 nitrogen and oxygen atoms in total. The fourth-order valence-corrected chi connectivity index (χ4v) is 3.70. The van der Waals surface area contributed by atoms with E-state index in [0.29, 0.717) is 12.5 Å². The lowest BCUT2D eigenvalue weighted by atomic mass is 10.2. The minimum Gasteiger partial charge on any atom is -0.381 e. The highest BCUT2D eigenvalue weighted by Crippen LogP contribution is 2.25. The van der Waals surface area contributed by atoms with Crippen LogP contribution in [0.15, 0.2) is 24.3 Å². The molecule has 2 fully saturated rings. The normalized spacial score (nSPS) is 23.7. The molecule has 96 valence electrons. The Morgan fingerprint density at radius 1 is 1.28 bits per heavy atom. The van der Waals surface area contributed by atoms with Gasteiger partial charge in [-0.2, -0.15) is 11.8 Å². The second-order valence-corrected chi connectivity index (χ2v) is 6.05. The third-order valence-electron chi connectivity index (χ3n) is 3.55. The lowest BCUT2D eigenvalue weighted by molar-refractivity contribution is -0.117. The maximum Gasteiger partial charge on any atom is 0.227 e. The molecule has 0 saturated carbocycles. The number of carbonyl (C=O) groups is 1. The van der Waals surface area contributed by atoms with Gasteiger partial charge in [-0.25, -0.2) is 0 Å². The zero-order valence-corrected chi connectivity index (χ0v) is 11.2. The lowest BCUT2D eigenvalue weighted by Gasteiger charge is -2.17. The zero-order valence-electron chi connectivity index (χ0n) is 10.4. The Hall–Kier alpha value is -1.16. The summed E-state index contributed by atoms with van der Waals surface area (Å²) in [6, 6.07) is 8.88. The van der Waals surface area contributed by atoms with Crippen LogP contribution in [-0.2, 0) is 4.79 Å². The van der Waals surface area contributed by atoms with Gasteiger partial charge < -0.3 is 10.2 Å². The van der Waals surface area contributed by atoms with E-state index in [1.54, 1.807) is 0 Å². The van der Waals surface area contributed by atoms with Crippen molar-refractivity contribution in [1.82, 2.24) is 0 Å². The molecular formula is C14H18N2OS. The number of carbonyl (C=O) groups excluding carboxylic acids is 1. The summed E-state index contributed by atoms with van der Waals surface area (Å²) in [5, 5.41) is 3.55. The van der Waals surface area contributed by atoms with Crippen LogP contribution in [0.1, 0.15) is 19.3 Å². The molecule has 2 aliphatic rings. The summed E-state index contributed by atoms with van der Waals surface area (Å²) in [4.78, 5) is 13.5. The Kier molecular flexibility index (Phi) is 3.46. The van der Waals surface area contributed by atoms with E-state index in [9.17, 15) is 4.79 Å². The van der Waals surface area contributed by atoms with Crippen LogP contribution in [0, 0.1) is 0 Å². The molecule has 18 heavy (non-hydrogen) atoms. The molecule has 0 aromatic heterocycles. The average Bonchev–Trinajstić information content (AvgIpc) is 3.02. The van der Waals surface area contributed by atoms with E-state index in [1.807, 2.05) is 28.8 Å². The average molecular weight is 262 g/mol. The fraction of sp³-hybridized carbons (Fsp3) is 0.500. The van der Waals surface area contributed by atoms with Crippen LogP contribution in [-0.4, -0.2) is 30.0 Å². The van der Waals surface area contributed by atoms with E-state index in [2.05, 4.69) is 17.4 Å². The molecular weight excluding hydrogens is 244 g/mol. The molecule has 1 N–H and O–H groups in total. The number of hydrogen-bond acceptors (Lipinski definition) is 3. The van der Waals surface area contributed by atoms with Gasteiger partial charge in [0.2, 0.25) is 5.91 Å². The first-order valence-corrected chi connectivity index (χ1v) is 7.73. The Morgan fingerprint density at radius 2 is 2.11 bits per heavy atom. The van der Waals surface area contributed by atoms with Crippen LogP contribution < -0.4 is 10.2 Å². The van der Waals surface area contributed by atoms with Crippen molar-refractivity contribution in [1.29, 1.82) is 0 Å². The number of nitrogens with one attached hydrogen (secondary N) is 1. The van der Waals surface area contributed by atoms with Crippen molar-refractivity contribution in [2.24, 2.45) is 0 Å². The van der Waals surface area contributed by atoms with Gasteiger partial charge in [-0.05, 0) is 42.9 Å². The quantitative estimate of drug-likeness (QED) is 0.909. The van der Waals surface area contributed by atoms with E-state index >= 15 is 0 Å². The molecule has 3 rings (SSSR count). The van der Waals surface area contributed by atoms with Crippen molar-refractivity contribution in [3.05, 3.63) is 24.3 Å². The molecule has 0 spiro atoms. The summed E-state index contributed by atoms with van der Waals surface area (Å²) in [6.07, 6.45) is 2.93. The SMILES string of the molecule is O=C1CCCN1c1ccc(NC2CCSC2)cc1. The van der Waals surface area contributed by atoms with E-state index in [4.69, 9.17) is 0 Å². The van der Waals surface area contributed by atoms with E-state index in [-0.39, 0.29) is 5.91 Å². The van der Waals surface area contributed by atoms with E-state index in [0.717, 1.165) is 24.3 Å². The minimum absolute atomic E-state index is 0.253. The van der Waals surface area contributed by atoms with Gasteiger partial charge in [0.1, 0.15) is 0 Å². The highest BCUT2D eigenvalue weighted by Gasteiger charge is 2.21. The van der Waals surface area contributed by atoms with Crippen molar-refractivity contribution in [3.63, 3.8) is 0 Å². The van der Waals surface area contributed by atoms with Gasteiger partial charge in [0.05, 0.1) is 0 Å². The van der Waals surface area contributed by atoms with Crippen molar-refractivity contribution in [2.45, 2.75) is 25.3 Å². The second kappa shape index (κ2) is 5.22. The van der Waals surface area contributed by atoms with Crippen molar-refractivity contribution >= 4 is 29.0 Å². The standard InChI is InChI=1S/C14H18N2OS/c17-14-2-1-8-16(14)13-5-3-11(4-6-13)15-12-7-9-18-10-12/h3-6,12,15H,1-2,7-10H2. The van der Waals surface area contributed by atoms with E-state index in [1.165, 1.54) is 17.9 Å². The maximum atomic E-state index is 11.6. The predicted molar refractivity (Wildman–Crippen MR) is 77.4 cm³/mol. The molecule has 1 aromatic carbocycles. The molecule has 2 heterocycles. The number of nitrogens with zero attached hydrogens (tertiary/aromatic N) is 1. The lowest BCUT2D eigenvalue weighted by Crippen LogP contribution is -2.23. The largest absolute Gasteiger partial charge is 0.381 e. The summed E-state index contributed by atoms with van der Waals surface area (Å²) in [7, 11) is 0. The molecule has 0 bridgehead atoms. The van der Waals surface area contributed by atoms with Crippen molar-refractivity contribution < 1.29 is 4.79 Å². The summed E-state index contributed by atoms with van der Waals surface area (Å²) in [5.41, 5.74) is 2.20. The first-order valence-electron chi connectivity index (χ1n) is 6.58. The summed E-state index contributed by atoms with van der Waals surface area (Å²) < 4.78 is 0. The molecule has 1 atom stereocenters. The van der Waals surface area contributed by atoms with Gasteiger partial charge in [-0.3, -0.25) is 4.79 Å². The second-order valence-electron chi connectivity index (χ2n) is 4.90. The molecule has 0 radical (unpaired) electrons. The van der Waals surface area contributed by atoms with Crippen LogP contribution in [0.5, 0.6) is 0 Å². The number of rotatable bonds is 3. The third kappa shape index (κ3) is 2.48. The fourth-order valence-electron chi connectivity index (χ4n) is 2.54. The number of benzene rings is 1. The molecule has 4 heteroatoms. The van der Waals surface area contributed by atoms with Crippen molar-refractivity contribution in [3.8, 4) is 0 Å². The molecule has 0 aliphatic carbocycles. The van der Waals surface area contributed by atoms with Crippen LogP contribution >= 0.6 is 11.8 Å². The highest BCUT2D eigenvalue weighted by molar-refractivity contribution is 7.99. The van der Waals surface area contributed by atoms with Gasteiger partial charge in [0.15, 0.2) is 0 Å². The number of amides is 1. The minimum atomic E-state index is 0.253. The number of thioether (sulfide) groups is 1. The van der Waals surface area contributed by atoms with Crippen LogP contribution in [0.4, 0.5) is 11.4 Å².